The quantitative estimate of drug-likeness (QED) is 0.188. The van der Waals surface area contributed by atoms with E-state index in [4.69, 9.17) is 5.53 Å². The van der Waals surface area contributed by atoms with Gasteiger partial charge in [-0.05, 0) is 22.6 Å². The molecule has 0 aliphatic heterocycles. The first kappa shape index (κ1) is 14.0. The maximum absolute atomic E-state index is 11.5. The van der Waals surface area contributed by atoms with E-state index in [1.54, 1.807) is 0 Å². The summed E-state index contributed by atoms with van der Waals surface area (Å²) in [5.74, 6) is -1.10. The lowest BCUT2D eigenvalue weighted by molar-refractivity contribution is -0.384. The fraction of sp³-hybridized carbons (Fsp3) is 0.100. The summed E-state index contributed by atoms with van der Waals surface area (Å²) in [4.78, 5) is 24.3. The largest absolute Gasteiger partial charge is 0.460 e. The molecule has 0 atom stereocenters. The van der Waals surface area contributed by atoms with Gasteiger partial charge in [0.1, 0.15) is 0 Å². The van der Waals surface area contributed by atoms with Gasteiger partial charge in [-0.3, -0.25) is 10.1 Å². The fourth-order valence-electron chi connectivity index (χ4n) is 1.50. The Hall–Kier alpha value is -3.46. The summed E-state index contributed by atoms with van der Waals surface area (Å²) < 4.78 is 5.52. The number of non-ortho nitro benzene ring substituents is 1. The van der Waals surface area contributed by atoms with Crippen LogP contribution in [-0.2, 0) is 9.53 Å². The molecule has 0 aliphatic carbocycles. The third kappa shape index (κ3) is 2.62. The highest BCUT2D eigenvalue weighted by Crippen LogP contribution is 2.15. The number of nitro groups is 1. The van der Waals surface area contributed by atoms with Crippen LogP contribution in [0, 0.1) is 10.1 Å². The molecule has 11 nitrogen and oxygen atoms in total. The summed E-state index contributed by atoms with van der Waals surface area (Å²) in [6, 6.07) is 5.25. The number of tetrazole rings is 1. The van der Waals surface area contributed by atoms with E-state index in [1.807, 2.05) is 0 Å². The van der Waals surface area contributed by atoms with Gasteiger partial charge in [0, 0.05) is 12.1 Å². The van der Waals surface area contributed by atoms with Crippen LogP contribution in [-0.4, -0.2) is 48.7 Å². The second kappa shape index (κ2) is 5.67. The van der Waals surface area contributed by atoms with Crippen molar-refractivity contribution in [3.63, 3.8) is 0 Å². The Morgan fingerprint density at radius 1 is 1.43 bits per heavy atom. The molecule has 2 rings (SSSR count). The zero-order chi connectivity index (χ0) is 15.4. The van der Waals surface area contributed by atoms with Gasteiger partial charge in [0.25, 0.3) is 11.5 Å². The lowest BCUT2D eigenvalue weighted by Crippen LogP contribution is -2.22. The minimum atomic E-state index is -0.935. The summed E-state index contributed by atoms with van der Waals surface area (Å²) in [5, 5.41) is 21.2. The van der Waals surface area contributed by atoms with Crippen LogP contribution in [0.25, 0.3) is 11.2 Å². The first-order chi connectivity index (χ1) is 10.1. The van der Waals surface area contributed by atoms with Crippen molar-refractivity contribution in [3.05, 3.63) is 45.7 Å². The third-order valence-electron chi connectivity index (χ3n) is 2.47. The molecule has 0 fully saturated rings. The lowest BCUT2D eigenvalue weighted by atomic mass is 10.2. The smallest absolute Gasteiger partial charge is 0.445 e. The summed E-state index contributed by atoms with van der Waals surface area (Å²) in [5.41, 5.74) is 8.60. The standard InChI is InChI=1S/C10H7N7O4/c1-21-10(18)8(12-11)9-13-14-15-16(9)6-2-4-7(5-3-6)17(19)20/h2-5H,1H3. The minimum Gasteiger partial charge on any atom is -0.460 e. The molecular weight excluding hydrogens is 282 g/mol. The number of nitrogens with zero attached hydrogens (tertiary/aromatic N) is 7. The maximum Gasteiger partial charge on any atom is 0.445 e. The monoisotopic (exact) mass is 289 g/mol. The van der Waals surface area contributed by atoms with E-state index in [2.05, 4.69) is 25.1 Å². The van der Waals surface area contributed by atoms with Crippen molar-refractivity contribution in [1.82, 2.24) is 20.2 Å². The number of carbonyl (C=O) groups is 1. The molecule has 0 saturated carbocycles. The van der Waals surface area contributed by atoms with Gasteiger partial charge in [0.2, 0.25) is 0 Å². The zero-order valence-corrected chi connectivity index (χ0v) is 10.6. The van der Waals surface area contributed by atoms with Crippen LogP contribution in [0.2, 0.25) is 0 Å². The van der Waals surface area contributed by atoms with Gasteiger partial charge in [-0.25, -0.2) is 4.79 Å². The van der Waals surface area contributed by atoms with E-state index < -0.39 is 16.6 Å². The van der Waals surface area contributed by atoms with E-state index in [0.29, 0.717) is 5.69 Å². The predicted molar refractivity (Wildman–Crippen MR) is 65.6 cm³/mol. The minimum absolute atomic E-state index is 0.114. The number of benzene rings is 1. The normalized spacial score (nSPS) is 9.76. The summed E-state index contributed by atoms with van der Waals surface area (Å²) in [6.07, 6.45) is 0. The average Bonchev–Trinajstić information content (AvgIpc) is 2.97. The summed E-state index contributed by atoms with van der Waals surface area (Å²) in [6.45, 7) is 0. The van der Waals surface area contributed by atoms with E-state index in [1.165, 1.54) is 24.3 Å². The Labute approximate surface area is 116 Å². The van der Waals surface area contributed by atoms with E-state index in [0.717, 1.165) is 11.8 Å². The molecule has 1 aromatic carbocycles. The number of esters is 1. The SMILES string of the molecule is COC(=O)C(=[N+]=[N-])c1nnnn1-c1ccc([N+](=O)[O-])cc1. The van der Waals surface area contributed by atoms with Crippen LogP contribution in [0.5, 0.6) is 0 Å². The van der Waals surface area contributed by atoms with Gasteiger partial charge in [0.15, 0.2) is 0 Å². The second-order valence-electron chi connectivity index (χ2n) is 3.63. The molecule has 0 aliphatic rings. The van der Waals surface area contributed by atoms with Gasteiger partial charge in [-0.1, -0.05) is 5.10 Å². The van der Waals surface area contributed by atoms with Crippen molar-refractivity contribution < 1.29 is 19.2 Å². The number of carbonyl (C=O) groups excluding carboxylic acids is 1. The highest BCUT2D eigenvalue weighted by molar-refractivity contribution is 6.39. The molecular formula is C10H7N7O4. The molecule has 106 valence electrons. The Bertz CT molecular complexity index is 745. The Morgan fingerprint density at radius 3 is 2.62 bits per heavy atom. The van der Waals surface area contributed by atoms with Crippen LogP contribution < -0.4 is 0 Å². The van der Waals surface area contributed by atoms with Gasteiger partial charge in [-0.2, -0.15) is 9.47 Å². The number of aromatic nitrogens is 4. The van der Waals surface area contributed by atoms with Gasteiger partial charge in [0.05, 0.1) is 17.7 Å². The third-order valence-corrected chi connectivity index (χ3v) is 2.47. The van der Waals surface area contributed by atoms with Crippen molar-refractivity contribution in [2.24, 2.45) is 0 Å². The van der Waals surface area contributed by atoms with Crippen molar-refractivity contribution >= 4 is 17.4 Å². The molecule has 0 saturated heterocycles. The Balaban J connectivity index is 2.47. The van der Waals surface area contributed by atoms with Crippen LogP contribution in [0.1, 0.15) is 5.82 Å². The van der Waals surface area contributed by atoms with Crippen LogP contribution in [0.4, 0.5) is 5.69 Å². The van der Waals surface area contributed by atoms with E-state index in [-0.39, 0.29) is 11.5 Å². The molecule has 0 amide bonds. The summed E-state index contributed by atoms with van der Waals surface area (Å²) >= 11 is 0. The van der Waals surface area contributed by atoms with E-state index in [9.17, 15) is 14.9 Å². The molecule has 1 aromatic heterocycles. The van der Waals surface area contributed by atoms with Crippen LogP contribution in [0.3, 0.4) is 0 Å². The van der Waals surface area contributed by atoms with Crippen LogP contribution >= 0.6 is 0 Å². The first-order valence-electron chi connectivity index (χ1n) is 5.42. The molecule has 11 heteroatoms. The fourth-order valence-corrected chi connectivity index (χ4v) is 1.50. The highest BCUT2D eigenvalue weighted by Gasteiger charge is 2.31. The van der Waals surface area contributed by atoms with Crippen molar-refractivity contribution in [2.75, 3.05) is 7.11 Å². The number of hydrogen-bond donors (Lipinski definition) is 0. The second-order valence-corrected chi connectivity index (χ2v) is 3.63. The molecule has 0 N–H and O–H groups in total. The zero-order valence-electron chi connectivity index (χ0n) is 10.6. The molecule has 0 unspecified atom stereocenters. The Morgan fingerprint density at radius 2 is 2.10 bits per heavy atom. The van der Waals surface area contributed by atoms with Crippen LogP contribution in [0.15, 0.2) is 24.3 Å². The van der Waals surface area contributed by atoms with Gasteiger partial charge in [-0.15, -0.1) is 0 Å². The first-order valence-corrected chi connectivity index (χ1v) is 5.42. The molecule has 0 radical (unpaired) electrons. The average molecular weight is 289 g/mol. The molecule has 1 heterocycles. The lowest BCUT2D eigenvalue weighted by Gasteiger charge is -2.01. The number of nitro benzene ring substituents is 1. The van der Waals surface area contributed by atoms with Crippen molar-refractivity contribution in [2.45, 2.75) is 0 Å². The summed E-state index contributed by atoms with van der Waals surface area (Å²) in [7, 11) is 1.10. The van der Waals surface area contributed by atoms with Crippen molar-refractivity contribution in [3.8, 4) is 5.69 Å². The van der Waals surface area contributed by atoms with Gasteiger partial charge < -0.3 is 10.3 Å². The van der Waals surface area contributed by atoms with Gasteiger partial charge >= 0.3 is 11.7 Å². The molecule has 2 aromatic rings. The molecule has 21 heavy (non-hydrogen) atoms. The van der Waals surface area contributed by atoms with E-state index >= 15 is 0 Å². The maximum atomic E-state index is 11.5. The number of hydrogen-bond acceptors (Lipinski definition) is 7. The van der Waals surface area contributed by atoms with Crippen molar-refractivity contribution in [1.29, 1.82) is 0 Å². The predicted octanol–water partition coefficient (Wildman–Crippen LogP) is -0.238. The topological polar surface area (TPSA) is 149 Å². The highest BCUT2D eigenvalue weighted by atomic mass is 16.6. The number of rotatable bonds is 4. The molecule has 0 spiro atoms. The Kier molecular flexibility index (Phi) is 3.77. The number of methoxy groups -OCH3 is 1. The molecule has 0 bridgehead atoms. The number of ether oxygens (including phenoxy) is 1.